The van der Waals surface area contributed by atoms with Crippen LogP contribution in [-0.4, -0.2) is 23.5 Å². The summed E-state index contributed by atoms with van der Waals surface area (Å²) < 4.78 is 20.7. The highest BCUT2D eigenvalue weighted by Crippen LogP contribution is 2.29. The van der Waals surface area contributed by atoms with E-state index in [2.05, 4.69) is 15.2 Å². The number of rotatable bonds is 7. The van der Waals surface area contributed by atoms with Gasteiger partial charge >= 0.3 is 0 Å². The first kappa shape index (κ1) is 22.1. The Morgan fingerprint density at radius 3 is 2.48 bits per heavy atom. The molecule has 2 N–H and O–H groups in total. The van der Waals surface area contributed by atoms with E-state index in [-0.39, 0.29) is 24.1 Å². The van der Waals surface area contributed by atoms with Crippen molar-refractivity contribution in [1.82, 2.24) is 4.57 Å². The third-order valence-corrected chi connectivity index (χ3v) is 5.28. The summed E-state index contributed by atoms with van der Waals surface area (Å²) in [6.07, 6.45) is 2.11. The number of para-hydroxylation sites is 1. The summed E-state index contributed by atoms with van der Waals surface area (Å²) in [6.45, 7) is 1.99. The maximum absolute atomic E-state index is 13.3. The van der Waals surface area contributed by atoms with Gasteiger partial charge in [-0.15, -0.1) is 0 Å². The molecular formula is C26H24FN3O3. The zero-order valence-corrected chi connectivity index (χ0v) is 18.4. The molecule has 168 valence electrons. The van der Waals surface area contributed by atoms with Crippen LogP contribution < -0.4 is 15.4 Å². The molecule has 0 spiro atoms. The second-order valence-corrected chi connectivity index (χ2v) is 7.75. The number of aromatic nitrogens is 1. The Bertz CT molecular complexity index is 1310. The molecule has 0 aliphatic heterocycles. The minimum atomic E-state index is -0.272. The molecule has 7 heteroatoms. The lowest BCUT2D eigenvalue weighted by Crippen LogP contribution is -2.15. The number of methoxy groups -OCH3 is 1. The summed E-state index contributed by atoms with van der Waals surface area (Å²) in [5.74, 6) is -0.188. The summed E-state index contributed by atoms with van der Waals surface area (Å²) in [4.78, 5) is 24.3. The lowest BCUT2D eigenvalue weighted by atomic mass is 10.1. The van der Waals surface area contributed by atoms with Gasteiger partial charge in [0.25, 0.3) is 0 Å². The van der Waals surface area contributed by atoms with Crippen LogP contribution in [0, 0.1) is 5.82 Å². The van der Waals surface area contributed by atoms with E-state index in [1.807, 2.05) is 30.5 Å². The SMILES string of the molecule is COc1ccc(NC(C)=O)cc1NC(=O)Cc1cn(Cc2ccc(F)cc2)c2ccccc12. The van der Waals surface area contributed by atoms with Crippen LogP contribution >= 0.6 is 0 Å². The van der Waals surface area contributed by atoms with E-state index in [0.29, 0.717) is 23.7 Å². The number of nitrogens with zero attached hydrogens (tertiary/aromatic N) is 1. The fourth-order valence-corrected chi connectivity index (χ4v) is 3.84. The number of fused-ring (bicyclic) bond motifs is 1. The van der Waals surface area contributed by atoms with Crippen molar-refractivity contribution in [1.29, 1.82) is 0 Å². The first-order valence-electron chi connectivity index (χ1n) is 10.5. The highest BCUT2D eigenvalue weighted by molar-refractivity contribution is 5.98. The fraction of sp³-hybridized carbons (Fsp3) is 0.154. The Balaban J connectivity index is 1.57. The normalized spacial score (nSPS) is 10.8. The minimum absolute atomic E-state index is 0.157. The van der Waals surface area contributed by atoms with E-state index in [1.54, 1.807) is 30.3 Å². The summed E-state index contributed by atoms with van der Waals surface area (Å²) in [5, 5.41) is 6.57. The molecule has 1 heterocycles. The number of benzene rings is 3. The van der Waals surface area contributed by atoms with Crippen LogP contribution in [0.1, 0.15) is 18.1 Å². The van der Waals surface area contributed by atoms with Gasteiger partial charge in [-0.05, 0) is 47.5 Å². The Labute approximate surface area is 191 Å². The lowest BCUT2D eigenvalue weighted by Gasteiger charge is -2.12. The van der Waals surface area contributed by atoms with Crippen molar-refractivity contribution in [2.45, 2.75) is 19.9 Å². The average molecular weight is 445 g/mol. The maximum Gasteiger partial charge on any atom is 0.228 e. The van der Waals surface area contributed by atoms with Crippen LogP contribution in [0.25, 0.3) is 10.9 Å². The largest absolute Gasteiger partial charge is 0.495 e. The van der Waals surface area contributed by atoms with Crippen LogP contribution in [0.4, 0.5) is 15.8 Å². The van der Waals surface area contributed by atoms with Gasteiger partial charge in [0.2, 0.25) is 11.8 Å². The highest BCUT2D eigenvalue weighted by atomic mass is 19.1. The summed E-state index contributed by atoms with van der Waals surface area (Å²) >= 11 is 0. The van der Waals surface area contributed by atoms with E-state index in [4.69, 9.17) is 4.74 Å². The molecule has 0 unspecified atom stereocenters. The Morgan fingerprint density at radius 2 is 1.76 bits per heavy atom. The summed E-state index contributed by atoms with van der Waals surface area (Å²) in [5.41, 5.74) is 3.88. The first-order chi connectivity index (χ1) is 15.9. The molecule has 4 rings (SSSR count). The summed E-state index contributed by atoms with van der Waals surface area (Å²) in [6, 6.07) is 19.3. The lowest BCUT2D eigenvalue weighted by molar-refractivity contribution is -0.115. The number of carbonyl (C=O) groups is 2. The number of amides is 2. The van der Waals surface area contributed by atoms with Crippen LogP contribution in [0.3, 0.4) is 0 Å². The van der Waals surface area contributed by atoms with E-state index in [0.717, 1.165) is 22.0 Å². The predicted molar refractivity (Wildman–Crippen MR) is 127 cm³/mol. The van der Waals surface area contributed by atoms with E-state index >= 15 is 0 Å². The van der Waals surface area contributed by atoms with E-state index in [9.17, 15) is 14.0 Å². The third kappa shape index (κ3) is 5.20. The standard InChI is InChI=1S/C26H24FN3O3/c1-17(31)28-21-11-12-25(33-2)23(14-21)29-26(32)13-19-16-30(24-6-4-3-5-22(19)24)15-18-7-9-20(27)10-8-18/h3-12,14,16H,13,15H2,1-2H3,(H,28,31)(H,29,32). The van der Waals surface area contributed by atoms with Crippen molar-refractivity contribution < 1.29 is 18.7 Å². The summed E-state index contributed by atoms with van der Waals surface area (Å²) in [7, 11) is 1.52. The molecule has 3 aromatic carbocycles. The highest BCUT2D eigenvalue weighted by Gasteiger charge is 2.14. The van der Waals surface area contributed by atoms with Gasteiger partial charge in [0.15, 0.2) is 0 Å². The van der Waals surface area contributed by atoms with Gasteiger partial charge in [0.1, 0.15) is 11.6 Å². The van der Waals surface area contributed by atoms with Gasteiger partial charge in [0, 0.05) is 36.3 Å². The number of hydrogen-bond donors (Lipinski definition) is 2. The third-order valence-electron chi connectivity index (χ3n) is 5.28. The molecule has 0 aliphatic rings. The molecule has 0 radical (unpaired) electrons. The number of halogens is 1. The Kier molecular flexibility index (Phi) is 6.40. The number of nitrogens with one attached hydrogen (secondary N) is 2. The van der Waals surface area contributed by atoms with Crippen molar-refractivity contribution in [3.8, 4) is 5.75 Å². The van der Waals surface area contributed by atoms with Crippen molar-refractivity contribution in [3.63, 3.8) is 0 Å². The van der Waals surface area contributed by atoms with Gasteiger partial charge in [-0.3, -0.25) is 9.59 Å². The number of hydrogen-bond acceptors (Lipinski definition) is 3. The van der Waals surface area contributed by atoms with Crippen molar-refractivity contribution in [3.05, 3.63) is 89.9 Å². The quantitative estimate of drug-likeness (QED) is 0.422. The topological polar surface area (TPSA) is 72.4 Å². The molecule has 0 atom stereocenters. The van der Waals surface area contributed by atoms with Crippen LogP contribution in [0.5, 0.6) is 5.75 Å². The molecule has 0 saturated heterocycles. The second kappa shape index (κ2) is 9.56. The predicted octanol–water partition coefficient (Wildman–Crippen LogP) is 4.98. The smallest absolute Gasteiger partial charge is 0.228 e. The molecule has 4 aromatic rings. The minimum Gasteiger partial charge on any atom is -0.495 e. The molecule has 33 heavy (non-hydrogen) atoms. The zero-order chi connectivity index (χ0) is 23.4. The van der Waals surface area contributed by atoms with Gasteiger partial charge in [-0.25, -0.2) is 4.39 Å². The van der Waals surface area contributed by atoms with Gasteiger partial charge in [-0.1, -0.05) is 30.3 Å². The van der Waals surface area contributed by atoms with Crippen LogP contribution in [-0.2, 0) is 22.6 Å². The number of ether oxygens (including phenoxy) is 1. The average Bonchev–Trinajstić information content (AvgIpc) is 3.12. The van der Waals surface area contributed by atoms with Crippen LogP contribution in [0.15, 0.2) is 72.9 Å². The molecule has 6 nitrogen and oxygen atoms in total. The first-order valence-corrected chi connectivity index (χ1v) is 10.5. The molecule has 2 amide bonds. The maximum atomic E-state index is 13.3. The molecule has 0 bridgehead atoms. The Morgan fingerprint density at radius 1 is 1.00 bits per heavy atom. The molecule has 0 fully saturated rings. The van der Waals surface area contributed by atoms with E-state index < -0.39 is 0 Å². The second-order valence-electron chi connectivity index (χ2n) is 7.75. The van der Waals surface area contributed by atoms with Gasteiger partial charge in [-0.2, -0.15) is 0 Å². The Hall–Kier alpha value is -4.13. The number of anilines is 2. The fourth-order valence-electron chi connectivity index (χ4n) is 3.84. The van der Waals surface area contributed by atoms with Crippen molar-refractivity contribution in [2.75, 3.05) is 17.7 Å². The van der Waals surface area contributed by atoms with Crippen molar-refractivity contribution in [2.24, 2.45) is 0 Å². The van der Waals surface area contributed by atoms with Gasteiger partial charge in [0.05, 0.1) is 19.2 Å². The van der Waals surface area contributed by atoms with Crippen LogP contribution in [0.2, 0.25) is 0 Å². The zero-order valence-electron chi connectivity index (χ0n) is 18.4. The van der Waals surface area contributed by atoms with Gasteiger partial charge < -0.3 is 19.9 Å². The van der Waals surface area contributed by atoms with Crippen molar-refractivity contribution >= 4 is 34.1 Å². The molecule has 0 aliphatic carbocycles. The monoisotopic (exact) mass is 445 g/mol. The van der Waals surface area contributed by atoms with E-state index in [1.165, 1.54) is 26.2 Å². The number of carbonyl (C=O) groups excluding carboxylic acids is 2. The molecule has 1 aromatic heterocycles. The molecular weight excluding hydrogens is 421 g/mol. The molecule has 0 saturated carbocycles.